The molecule has 150 valence electrons. The van der Waals surface area contributed by atoms with Crippen LogP contribution in [0.1, 0.15) is 31.4 Å². The third-order valence-corrected chi connectivity index (χ3v) is 4.83. The fourth-order valence-electron chi connectivity index (χ4n) is 3.57. The van der Waals surface area contributed by atoms with Gasteiger partial charge in [-0.15, -0.1) is 0 Å². The number of allylic oxidation sites excluding steroid dienone is 1. The van der Waals surface area contributed by atoms with Gasteiger partial charge in [-0.1, -0.05) is 42.5 Å². The number of carbonyl (C=O) groups excluding carboxylic acids is 2. The first-order valence-electron chi connectivity index (χ1n) is 9.55. The van der Waals surface area contributed by atoms with Gasteiger partial charge in [0.15, 0.2) is 23.0 Å². The van der Waals surface area contributed by atoms with Crippen LogP contribution >= 0.6 is 0 Å². The molecule has 0 fully saturated rings. The Labute approximate surface area is 169 Å². The monoisotopic (exact) mass is 393 g/mol. The van der Waals surface area contributed by atoms with E-state index < -0.39 is 5.60 Å². The maximum Gasteiger partial charge on any atom is 0.289 e. The summed E-state index contributed by atoms with van der Waals surface area (Å²) >= 11 is 0. The summed E-state index contributed by atoms with van der Waals surface area (Å²) in [5.41, 5.74) is 1.11. The van der Waals surface area contributed by atoms with E-state index in [2.05, 4.69) is 0 Å². The molecule has 29 heavy (non-hydrogen) atoms. The minimum Gasteiger partial charge on any atom is -0.481 e. The van der Waals surface area contributed by atoms with E-state index in [1.54, 1.807) is 4.90 Å². The van der Waals surface area contributed by atoms with Crippen LogP contribution in [-0.2, 0) is 27.4 Å². The van der Waals surface area contributed by atoms with Gasteiger partial charge in [-0.05, 0) is 25.5 Å². The minimum atomic E-state index is -0.708. The topological polar surface area (TPSA) is 65.1 Å². The molecule has 0 radical (unpaired) electrons. The Kier molecular flexibility index (Phi) is 5.01. The molecule has 0 atom stereocenters. The van der Waals surface area contributed by atoms with Gasteiger partial charge in [0.25, 0.3) is 5.91 Å². The van der Waals surface area contributed by atoms with E-state index >= 15 is 0 Å². The Morgan fingerprint density at radius 1 is 1.03 bits per heavy atom. The molecule has 2 aliphatic heterocycles. The normalized spacial score (nSPS) is 16.8. The van der Waals surface area contributed by atoms with E-state index in [0.29, 0.717) is 24.6 Å². The molecule has 0 aromatic heterocycles. The van der Waals surface area contributed by atoms with Gasteiger partial charge >= 0.3 is 0 Å². The lowest BCUT2D eigenvalue weighted by Gasteiger charge is -2.32. The first-order chi connectivity index (χ1) is 13.9. The van der Waals surface area contributed by atoms with Crippen LogP contribution in [0.2, 0.25) is 0 Å². The summed E-state index contributed by atoms with van der Waals surface area (Å²) in [4.78, 5) is 27.1. The molecule has 2 heterocycles. The molecular formula is C23H23NO5. The van der Waals surface area contributed by atoms with Crippen molar-refractivity contribution in [3.63, 3.8) is 0 Å². The summed E-state index contributed by atoms with van der Waals surface area (Å²) in [6.45, 7) is 4.45. The number of fused-ring (bicyclic) bond motifs is 1. The van der Waals surface area contributed by atoms with E-state index in [-0.39, 0.29) is 30.7 Å². The maximum atomic E-state index is 13.3. The lowest BCUT2D eigenvalue weighted by molar-refractivity contribution is -0.139. The number of ether oxygens (including phenoxy) is 3. The average molecular weight is 393 g/mol. The van der Waals surface area contributed by atoms with Gasteiger partial charge in [0.1, 0.15) is 5.60 Å². The van der Waals surface area contributed by atoms with Crippen molar-refractivity contribution >= 4 is 11.7 Å². The molecule has 2 aliphatic rings. The molecule has 0 N–H and O–H groups in total. The summed E-state index contributed by atoms with van der Waals surface area (Å²) in [6.07, 6.45) is 1.56. The number of carbonyl (C=O) groups is 2. The van der Waals surface area contributed by atoms with Crippen LogP contribution in [-0.4, -0.2) is 29.0 Å². The molecule has 2 aromatic rings. The molecule has 0 saturated carbocycles. The van der Waals surface area contributed by atoms with Gasteiger partial charge < -0.3 is 19.1 Å². The highest BCUT2D eigenvalue weighted by atomic mass is 16.7. The van der Waals surface area contributed by atoms with Crippen LogP contribution in [0, 0.1) is 0 Å². The zero-order valence-corrected chi connectivity index (χ0v) is 16.5. The number of hydrogen-bond donors (Lipinski definition) is 0. The SMILES string of the molecule is CC1(C)CC(=O)C=C(C(=O)N(Cc2ccccc2)Cc2cccc3c2OCO3)O1. The smallest absolute Gasteiger partial charge is 0.289 e. The molecular weight excluding hydrogens is 370 g/mol. The largest absolute Gasteiger partial charge is 0.481 e. The second-order valence-corrected chi connectivity index (χ2v) is 7.81. The third kappa shape index (κ3) is 4.26. The van der Waals surface area contributed by atoms with Crippen molar-refractivity contribution in [2.45, 2.75) is 39.0 Å². The molecule has 0 saturated heterocycles. The molecule has 6 heteroatoms. The van der Waals surface area contributed by atoms with Crippen LogP contribution in [0.15, 0.2) is 60.4 Å². The van der Waals surface area contributed by atoms with Crippen LogP contribution in [0.4, 0.5) is 0 Å². The third-order valence-electron chi connectivity index (χ3n) is 4.83. The fourth-order valence-corrected chi connectivity index (χ4v) is 3.57. The molecule has 6 nitrogen and oxygen atoms in total. The van der Waals surface area contributed by atoms with Crippen molar-refractivity contribution in [1.82, 2.24) is 4.90 Å². The van der Waals surface area contributed by atoms with E-state index in [0.717, 1.165) is 11.1 Å². The molecule has 0 unspecified atom stereocenters. The predicted molar refractivity (Wildman–Crippen MR) is 106 cm³/mol. The van der Waals surface area contributed by atoms with Crippen LogP contribution < -0.4 is 9.47 Å². The van der Waals surface area contributed by atoms with Crippen molar-refractivity contribution in [3.05, 3.63) is 71.5 Å². The van der Waals surface area contributed by atoms with E-state index in [4.69, 9.17) is 14.2 Å². The zero-order valence-electron chi connectivity index (χ0n) is 16.5. The van der Waals surface area contributed by atoms with Crippen molar-refractivity contribution in [3.8, 4) is 11.5 Å². The Bertz CT molecular complexity index is 964. The molecule has 2 aromatic carbocycles. The first kappa shape index (κ1) is 19.1. The summed E-state index contributed by atoms with van der Waals surface area (Å²) < 4.78 is 16.9. The van der Waals surface area contributed by atoms with Crippen molar-refractivity contribution in [2.75, 3.05) is 6.79 Å². The Morgan fingerprint density at radius 2 is 1.83 bits per heavy atom. The highest BCUT2D eigenvalue weighted by Gasteiger charge is 2.34. The summed E-state index contributed by atoms with van der Waals surface area (Å²) in [7, 11) is 0. The predicted octanol–water partition coefficient (Wildman–Crippen LogP) is 3.60. The van der Waals surface area contributed by atoms with Gasteiger partial charge in [-0.2, -0.15) is 0 Å². The molecule has 4 rings (SSSR count). The van der Waals surface area contributed by atoms with E-state index in [1.165, 1.54) is 6.08 Å². The fraction of sp³-hybridized carbons (Fsp3) is 0.304. The number of benzene rings is 2. The second-order valence-electron chi connectivity index (χ2n) is 7.81. The number of para-hydroxylation sites is 1. The lowest BCUT2D eigenvalue weighted by atomic mass is 9.98. The number of rotatable bonds is 5. The standard InChI is InChI=1S/C23H23NO5/c1-23(2)12-18(25)11-20(29-23)22(26)24(13-16-7-4-3-5-8-16)14-17-9-6-10-19-21(17)28-15-27-19/h3-11H,12-15H2,1-2H3. The Balaban J connectivity index is 1.65. The Hall–Kier alpha value is -3.28. The van der Waals surface area contributed by atoms with Gasteiger partial charge in [0.2, 0.25) is 6.79 Å². The van der Waals surface area contributed by atoms with E-state index in [1.807, 2.05) is 62.4 Å². The molecule has 1 amide bonds. The first-order valence-corrected chi connectivity index (χ1v) is 9.55. The maximum absolute atomic E-state index is 13.3. The van der Waals surface area contributed by atoms with Crippen molar-refractivity contribution in [1.29, 1.82) is 0 Å². The summed E-state index contributed by atoms with van der Waals surface area (Å²) in [5.74, 6) is 0.951. The van der Waals surface area contributed by atoms with Crippen LogP contribution in [0.25, 0.3) is 0 Å². The molecule has 0 aliphatic carbocycles. The van der Waals surface area contributed by atoms with Gasteiger partial charge in [-0.25, -0.2) is 0 Å². The minimum absolute atomic E-state index is 0.0759. The van der Waals surface area contributed by atoms with Gasteiger partial charge in [0, 0.05) is 24.6 Å². The number of amides is 1. The molecule has 0 bridgehead atoms. The van der Waals surface area contributed by atoms with Gasteiger partial charge in [-0.3, -0.25) is 9.59 Å². The number of ketones is 1. The zero-order chi connectivity index (χ0) is 20.4. The number of nitrogens with zero attached hydrogens (tertiary/aromatic N) is 1. The average Bonchev–Trinajstić information content (AvgIpc) is 3.16. The summed E-state index contributed by atoms with van der Waals surface area (Å²) in [6, 6.07) is 15.3. The highest BCUT2D eigenvalue weighted by Crippen LogP contribution is 2.36. The molecule has 0 spiro atoms. The van der Waals surface area contributed by atoms with Crippen molar-refractivity contribution in [2.24, 2.45) is 0 Å². The second kappa shape index (κ2) is 7.62. The van der Waals surface area contributed by atoms with Crippen molar-refractivity contribution < 1.29 is 23.8 Å². The quantitative estimate of drug-likeness (QED) is 0.777. The highest BCUT2D eigenvalue weighted by molar-refractivity contribution is 6.01. The van der Waals surface area contributed by atoms with Crippen LogP contribution in [0.5, 0.6) is 11.5 Å². The summed E-state index contributed by atoms with van der Waals surface area (Å²) in [5, 5.41) is 0. The number of hydrogen-bond acceptors (Lipinski definition) is 5. The lowest BCUT2D eigenvalue weighted by Crippen LogP contribution is -2.39. The Morgan fingerprint density at radius 3 is 2.59 bits per heavy atom. The van der Waals surface area contributed by atoms with Crippen LogP contribution in [0.3, 0.4) is 0 Å². The van der Waals surface area contributed by atoms with Gasteiger partial charge in [0.05, 0.1) is 6.54 Å². The van der Waals surface area contributed by atoms with E-state index in [9.17, 15) is 9.59 Å².